The van der Waals surface area contributed by atoms with Gasteiger partial charge < -0.3 is 9.52 Å². The summed E-state index contributed by atoms with van der Waals surface area (Å²) in [5.41, 5.74) is 3.56. The molecular formula is C18H13ClN2O3. The molecule has 3 aromatic rings. The summed E-state index contributed by atoms with van der Waals surface area (Å²) in [5, 5.41) is 13.6. The van der Waals surface area contributed by atoms with Crippen LogP contribution in [0, 0.1) is 0 Å². The third-order valence-electron chi connectivity index (χ3n) is 3.25. The molecule has 3 rings (SSSR count). The minimum Gasteiger partial charge on any atom is -0.508 e. The van der Waals surface area contributed by atoms with Crippen LogP contribution in [0.15, 0.2) is 70.2 Å². The maximum Gasteiger partial charge on any atom is 0.271 e. The lowest BCUT2D eigenvalue weighted by Gasteiger charge is -2.00. The van der Waals surface area contributed by atoms with Crippen molar-refractivity contribution in [1.82, 2.24) is 5.43 Å². The summed E-state index contributed by atoms with van der Waals surface area (Å²) >= 11 is 6.12. The molecule has 0 unspecified atom stereocenters. The van der Waals surface area contributed by atoms with E-state index in [-0.39, 0.29) is 11.7 Å². The Morgan fingerprint density at radius 3 is 2.58 bits per heavy atom. The van der Waals surface area contributed by atoms with Gasteiger partial charge in [0.25, 0.3) is 5.91 Å². The van der Waals surface area contributed by atoms with E-state index in [4.69, 9.17) is 16.0 Å². The Hall–Kier alpha value is -3.05. The zero-order chi connectivity index (χ0) is 16.9. The summed E-state index contributed by atoms with van der Waals surface area (Å²) in [6.45, 7) is 0. The van der Waals surface area contributed by atoms with Gasteiger partial charge in [0.1, 0.15) is 17.3 Å². The Morgan fingerprint density at radius 1 is 1.08 bits per heavy atom. The lowest BCUT2D eigenvalue weighted by Crippen LogP contribution is -2.17. The molecule has 0 bridgehead atoms. The van der Waals surface area contributed by atoms with Crippen molar-refractivity contribution < 1.29 is 14.3 Å². The van der Waals surface area contributed by atoms with E-state index in [9.17, 15) is 9.90 Å². The number of rotatable bonds is 4. The molecule has 0 saturated heterocycles. The van der Waals surface area contributed by atoms with E-state index in [0.29, 0.717) is 22.1 Å². The molecule has 1 amide bonds. The average molecular weight is 341 g/mol. The fourth-order valence-electron chi connectivity index (χ4n) is 2.06. The SMILES string of the molecule is O=C(N/N=C\c1ccc(-c2ccccc2Cl)o1)c1ccc(O)cc1. The number of benzene rings is 2. The number of phenolic OH excluding ortho intramolecular Hbond substituents is 1. The number of hydrogen-bond acceptors (Lipinski definition) is 4. The minimum atomic E-state index is -0.385. The van der Waals surface area contributed by atoms with Crippen molar-refractivity contribution in [3.05, 3.63) is 77.0 Å². The predicted molar refractivity (Wildman–Crippen MR) is 92.3 cm³/mol. The fourth-order valence-corrected chi connectivity index (χ4v) is 2.29. The Labute approximate surface area is 143 Å². The number of nitrogens with one attached hydrogen (secondary N) is 1. The maximum absolute atomic E-state index is 11.9. The number of carbonyl (C=O) groups is 1. The quantitative estimate of drug-likeness (QED) is 0.555. The second-order valence-electron chi connectivity index (χ2n) is 4.93. The van der Waals surface area contributed by atoms with Crippen molar-refractivity contribution in [3.63, 3.8) is 0 Å². The van der Waals surface area contributed by atoms with Crippen molar-refractivity contribution in [2.45, 2.75) is 0 Å². The number of furan rings is 1. The molecule has 2 N–H and O–H groups in total. The molecule has 0 saturated carbocycles. The first kappa shape index (κ1) is 15.8. The van der Waals surface area contributed by atoms with Crippen molar-refractivity contribution in [2.24, 2.45) is 5.10 Å². The van der Waals surface area contributed by atoms with Crippen LogP contribution in [0.1, 0.15) is 16.1 Å². The van der Waals surface area contributed by atoms with Gasteiger partial charge in [0.05, 0.1) is 11.2 Å². The van der Waals surface area contributed by atoms with Crippen LogP contribution in [0.25, 0.3) is 11.3 Å². The van der Waals surface area contributed by atoms with Gasteiger partial charge in [-0.25, -0.2) is 5.43 Å². The number of aromatic hydroxyl groups is 1. The molecule has 0 atom stereocenters. The van der Waals surface area contributed by atoms with Gasteiger partial charge >= 0.3 is 0 Å². The Balaban J connectivity index is 1.66. The van der Waals surface area contributed by atoms with Gasteiger partial charge in [0, 0.05) is 11.1 Å². The predicted octanol–water partition coefficient (Wildman–Crippen LogP) is 4.07. The lowest BCUT2D eigenvalue weighted by atomic mass is 10.2. The number of phenols is 1. The smallest absolute Gasteiger partial charge is 0.271 e. The third kappa shape index (κ3) is 3.64. The van der Waals surface area contributed by atoms with Crippen LogP contribution in [-0.2, 0) is 0 Å². The largest absolute Gasteiger partial charge is 0.508 e. The average Bonchev–Trinajstić information content (AvgIpc) is 3.04. The third-order valence-corrected chi connectivity index (χ3v) is 3.58. The molecule has 2 aromatic carbocycles. The summed E-state index contributed by atoms with van der Waals surface area (Å²) in [6, 6.07) is 16.7. The van der Waals surface area contributed by atoms with E-state index >= 15 is 0 Å². The van der Waals surface area contributed by atoms with Crippen molar-refractivity contribution in [2.75, 3.05) is 0 Å². The van der Waals surface area contributed by atoms with E-state index in [2.05, 4.69) is 10.5 Å². The van der Waals surface area contributed by atoms with Gasteiger partial charge in [-0.05, 0) is 48.5 Å². The van der Waals surface area contributed by atoms with Gasteiger partial charge in [-0.1, -0.05) is 23.7 Å². The first-order chi connectivity index (χ1) is 11.6. The second-order valence-corrected chi connectivity index (χ2v) is 5.34. The standard InChI is InChI=1S/C18H13ClN2O3/c19-16-4-2-1-3-15(16)17-10-9-14(24-17)11-20-21-18(23)12-5-7-13(22)8-6-12/h1-11,22H,(H,21,23)/b20-11-. The van der Waals surface area contributed by atoms with Crippen molar-refractivity contribution in [1.29, 1.82) is 0 Å². The first-order valence-corrected chi connectivity index (χ1v) is 7.48. The normalized spacial score (nSPS) is 10.9. The zero-order valence-electron chi connectivity index (χ0n) is 12.4. The monoisotopic (exact) mass is 340 g/mol. The van der Waals surface area contributed by atoms with Crippen LogP contribution in [-0.4, -0.2) is 17.2 Å². The number of carbonyl (C=O) groups excluding carboxylic acids is 1. The molecule has 0 radical (unpaired) electrons. The summed E-state index contributed by atoms with van der Waals surface area (Å²) in [7, 11) is 0. The number of nitrogens with zero attached hydrogens (tertiary/aromatic N) is 1. The fraction of sp³-hybridized carbons (Fsp3) is 0. The maximum atomic E-state index is 11.9. The van der Waals surface area contributed by atoms with E-state index in [0.717, 1.165) is 5.56 Å². The highest BCUT2D eigenvalue weighted by Gasteiger charge is 2.07. The minimum absolute atomic E-state index is 0.0951. The topological polar surface area (TPSA) is 74.8 Å². The molecule has 0 fully saturated rings. The molecule has 0 aliphatic carbocycles. The highest BCUT2D eigenvalue weighted by molar-refractivity contribution is 6.33. The van der Waals surface area contributed by atoms with Crippen molar-refractivity contribution in [3.8, 4) is 17.1 Å². The Kier molecular flexibility index (Phi) is 4.63. The number of halogens is 1. The summed E-state index contributed by atoms with van der Waals surface area (Å²) < 4.78 is 5.64. The number of hydrazone groups is 1. The highest BCUT2D eigenvalue weighted by atomic mass is 35.5. The first-order valence-electron chi connectivity index (χ1n) is 7.10. The van der Waals surface area contributed by atoms with E-state index in [1.54, 1.807) is 18.2 Å². The Bertz CT molecular complexity index is 885. The molecule has 5 nitrogen and oxygen atoms in total. The van der Waals surface area contributed by atoms with Gasteiger partial charge in [-0.15, -0.1) is 0 Å². The zero-order valence-corrected chi connectivity index (χ0v) is 13.2. The van der Waals surface area contributed by atoms with Gasteiger partial charge in [0.15, 0.2) is 0 Å². The molecule has 120 valence electrons. The lowest BCUT2D eigenvalue weighted by molar-refractivity contribution is 0.0955. The van der Waals surface area contributed by atoms with Crippen LogP contribution in [0.2, 0.25) is 5.02 Å². The second kappa shape index (κ2) is 7.02. The molecule has 0 aliphatic rings. The summed E-state index contributed by atoms with van der Waals surface area (Å²) in [4.78, 5) is 11.9. The molecule has 6 heteroatoms. The number of hydrogen-bond donors (Lipinski definition) is 2. The molecule has 24 heavy (non-hydrogen) atoms. The van der Waals surface area contributed by atoms with Crippen LogP contribution < -0.4 is 5.43 Å². The van der Waals surface area contributed by atoms with Crippen molar-refractivity contribution >= 4 is 23.7 Å². The van der Waals surface area contributed by atoms with E-state index in [1.165, 1.54) is 30.5 Å². The van der Waals surface area contributed by atoms with Crippen LogP contribution in [0.3, 0.4) is 0 Å². The molecule has 0 spiro atoms. The van der Waals surface area contributed by atoms with Gasteiger partial charge in [-0.3, -0.25) is 4.79 Å². The van der Waals surface area contributed by atoms with Crippen LogP contribution >= 0.6 is 11.6 Å². The van der Waals surface area contributed by atoms with E-state index in [1.807, 2.05) is 18.2 Å². The molecule has 1 heterocycles. The Morgan fingerprint density at radius 2 is 1.83 bits per heavy atom. The molecular weight excluding hydrogens is 328 g/mol. The number of amides is 1. The summed E-state index contributed by atoms with van der Waals surface area (Å²) in [5.74, 6) is 0.810. The highest BCUT2D eigenvalue weighted by Crippen LogP contribution is 2.28. The van der Waals surface area contributed by atoms with Crippen LogP contribution in [0.5, 0.6) is 5.75 Å². The summed E-state index contributed by atoms with van der Waals surface area (Å²) in [6.07, 6.45) is 1.40. The molecule has 1 aromatic heterocycles. The van der Waals surface area contributed by atoms with Gasteiger partial charge in [-0.2, -0.15) is 5.10 Å². The molecule has 0 aliphatic heterocycles. The van der Waals surface area contributed by atoms with Gasteiger partial charge in [0.2, 0.25) is 0 Å². The van der Waals surface area contributed by atoms with Crippen LogP contribution in [0.4, 0.5) is 0 Å². The van der Waals surface area contributed by atoms with E-state index < -0.39 is 0 Å².